The Morgan fingerprint density at radius 1 is 1.20 bits per heavy atom. The first kappa shape index (κ1) is 14.7. The van der Waals surface area contributed by atoms with E-state index in [-0.39, 0.29) is 6.04 Å². The fourth-order valence-corrected chi connectivity index (χ4v) is 2.28. The zero-order valence-corrected chi connectivity index (χ0v) is 11.7. The lowest BCUT2D eigenvalue weighted by molar-refractivity contribution is 0.495. The van der Waals surface area contributed by atoms with Gasteiger partial charge in [0.25, 0.3) is 0 Å². The number of benzene rings is 1. The van der Waals surface area contributed by atoms with Crippen LogP contribution in [0.4, 0.5) is 8.78 Å². The lowest BCUT2D eigenvalue weighted by Crippen LogP contribution is -2.33. The van der Waals surface area contributed by atoms with Gasteiger partial charge in [-0.2, -0.15) is 5.10 Å². The van der Waals surface area contributed by atoms with E-state index < -0.39 is 11.6 Å². The molecule has 0 aliphatic heterocycles. The first-order valence-corrected chi connectivity index (χ1v) is 6.74. The van der Waals surface area contributed by atoms with Gasteiger partial charge in [-0.25, -0.2) is 8.78 Å². The van der Waals surface area contributed by atoms with Crippen molar-refractivity contribution in [3.8, 4) is 0 Å². The van der Waals surface area contributed by atoms with Crippen molar-refractivity contribution in [3.63, 3.8) is 0 Å². The van der Waals surface area contributed by atoms with E-state index in [2.05, 4.69) is 10.4 Å². The van der Waals surface area contributed by atoms with Crippen LogP contribution < -0.4 is 5.32 Å². The summed E-state index contributed by atoms with van der Waals surface area (Å²) in [5, 5.41) is 7.71. The van der Waals surface area contributed by atoms with Crippen molar-refractivity contribution >= 4 is 0 Å². The third-order valence-electron chi connectivity index (χ3n) is 3.18. The van der Waals surface area contributed by atoms with Crippen molar-refractivity contribution in [2.24, 2.45) is 7.05 Å². The molecule has 0 fully saturated rings. The molecule has 0 aliphatic rings. The summed E-state index contributed by atoms with van der Waals surface area (Å²) in [6.45, 7) is 2.85. The Kier molecular flexibility index (Phi) is 4.84. The molecule has 20 heavy (non-hydrogen) atoms. The highest BCUT2D eigenvalue weighted by Crippen LogP contribution is 2.12. The molecule has 1 aromatic carbocycles. The standard InChI is InChI=1S/C15H19F2N3/c1-3-18-13(10-12-6-7-20(2)19-12)8-11-4-5-14(16)15(17)9-11/h4-7,9,13,18H,3,8,10H2,1-2H3. The van der Waals surface area contributed by atoms with E-state index in [4.69, 9.17) is 0 Å². The lowest BCUT2D eigenvalue weighted by Gasteiger charge is -2.17. The van der Waals surface area contributed by atoms with Crippen molar-refractivity contribution in [1.29, 1.82) is 0 Å². The summed E-state index contributed by atoms with van der Waals surface area (Å²) in [4.78, 5) is 0. The van der Waals surface area contributed by atoms with Crippen molar-refractivity contribution in [1.82, 2.24) is 15.1 Å². The third kappa shape index (κ3) is 3.87. The summed E-state index contributed by atoms with van der Waals surface area (Å²) >= 11 is 0. The SMILES string of the molecule is CCNC(Cc1ccc(F)c(F)c1)Cc1ccn(C)n1. The van der Waals surface area contributed by atoms with E-state index in [0.29, 0.717) is 6.42 Å². The minimum Gasteiger partial charge on any atom is -0.314 e. The van der Waals surface area contributed by atoms with Gasteiger partial charge in [0.15, 0.2) is 11.6 Å². The topological polar surface area (TPSA) is 29.9 Å². The molecule has 1 atom stereocenters. The van der Waals surface area contributed by atoms with Crippen LogP contribution in [-0.2, 0) is 19.9 Å². The number of aryl methyl sites for hydroxylation is 1. The predicted octanol–water partition coefficient (Wildman–Crippen LogP) is 2.46. The van der Waals surface area contributed by atoms with Crippen LogP contribution in [0.3, 0.4) is 0 Å². The van der Waals surface area contributed by atoms with E-state index in [1.54, 1.807) is 10.7 Å². The maximum Gasteiger partial charge on any atom is 0.159 e. The maximum atomic E-state index is 13.2. The Morgan fingerprint density at radius 3 is 2.60 bits per heavy atom. The van der Waals surface area contributed by atoms with Crippen LogP contribution in [0.25, 0.3) is 0 Å². The normalized spacial score (nSPS) is 12.6. The molecule has 0 aliphatic carbocycles. The van der Waals surface area contributed by atoms with Gasteiger partial charge in [0.2, 0.25) is 0 Å². The van der Waals surface area contributed by atoms with Crippen molar-refractivity contribution < 1.29 is 8.78 Å². The molecule has 0 spiro atoms. The molecule has 1 heterocycles. The molecule has 5 heteroatoms. The number of nitrogens with one attached hydrogen (secondary N) is 1. The molecular weight excluding hydrogens is 260 g/mol. The van der Waals surface area contributed by atoms with Gasteiger partial charge in [0.1, 0.15) is 0 Å². The van der Waals surface area contributed by atoms with Gasteiger partial charge in [-0.15, -0.1) is 0 Å². The zero-order valence-electron chi connectivity index (χ0n) is 11.7. The van der Waals surface area contributed by atoms with E-state index in [1.165, 1.54) is 12.1 Å². The second kappa shape index (κ2) is 6.61. The molecule has 1 aromatic heterocycles. The van der Waals surface area contributed by atoms with Crippen LogP contribution in [0.2, 0.25) is 0 Å². The summed E-state index contributed by atoms with van der Waals surface area (Å²) in [5.74, 6) is -1.60. The summed E-state index contributed by atoms with van der Waals surface area (Å²) in [7, 11) is 1.88. The number of likely N-dealkylation sites (N-methyl/N-ethyl adjacent to an activating group) is 1. The number of halogens is 2. The largest absolute Gasteiger partial charge is 0.314 e. The molecule has 0 saturated carbocycles. The molecule has 1 N–H and O–H groups in total. The number of nitrogens with zero attached hydrogens (tertiary/aromatic N) is 2. The molecule has 3 nitrogen and oxygen atoms in total. The summed E-state index contributed by atoms with van der Waals surface area (Å²) in [6.07, 6.45) is 3.30. The summed E-state index contributed by atoms with van der Waals surface area (Å²) in [6, 6.07) is 6.18. The van der Waals surface area contributed by atoms with Gasteiger partial charge in [-0.1, -0.05) is 13.0 Å². The molecule has 0 bridgehead atoms. The lowest BCUT2D eigenvalue weighted by atomic mass is 10.0. The monoisotopic (exact) mass is 279 g/mol. The van der Waals surface area contributed by atoms with Gasteiger partial charge >= 0.3 is 0 Å². The zero-order chi connectivity index (χ0) is 14.5. The average molecular weight is 279 g/mol. The quantitative estimate of drug-likeness (QED) is 0.880. The Labute approximate surface area is 117 Å². The molecule has 0 amide bonds. The van der Waals surface area contributed by atoms with Gasteiger partial charge in [0, 0.05) is 25.7 Å². The van der Waals surface area contributed by atoms with Crippen LogP contribution in [0.1, 0.15) is 18.2 Å². The van der Waals surface area contributed by atoms with Crippen LogP contribution in [-0.4, -0.2) is 22.4 Å². The van der Waals surface area contributed by atoms with E-state index in [9.17, 15) is 8.78 Å². The Morgan fingerprint density at radius 2 is 2.00 bits per heavy atom. The molecule has 0 saturated heterocycles. The fraction of sp³-hybridized carbons (Fsp3) is 0.400. The van der Waals surface area contributed by atoms with E-state index in [0.717, 1.165) is 24.2 Å². The Hall–Kier alpha value is -1.75. The van der Waals surface area contributed by atoms with Gasteiger partial charge in [-0.3, -0.25) is 4.68 Å². The molecular formula is C15H19F2N3. The van der Waals surface area contributed by atoms with E-state index in [1.807, 2.05) is 26.2 Å². The van der Waals surface area contributed by atoms with Gasteiger partial charge in [-0.05, 0) is 36.7 Å². The first-order valence-electron chi connectivity index (χ1n) is 6.74. The van der Waals surface area contributed by atoms with Crippen LogP contribution in [0.15, 0.2) is 30.5 Å². The van der Waals surface area contributed by atoms with Gasteiger partial charge < -0.3 is 5.32 Å². The minimum absolute atomic E-state index is 0.153. The predicted molar refractivity (Wildman–Crippen MR) is 74.4 cm³/mol. The first-order chi connectivity index (χ1) is 9.58. The molecule has 2 rings (SSSR count). The van der Waals surface area contributed by atoms with Crippen molar-refractivity contribution in [2.45, 2.75) is 25.8 Å². The van der Waals surface area contributed by atoms with Gasteiger partial charge in [0.05, 0.1) is 5.69 Å². The Bertz CT molecular complexity index is 566. The number of aromatic nitrogens is 2. The number of hydrogen-bond donors (Lipinski definition) is 1. The smallest absolute Gasteiger partial charge is 0.159 e. The van der Waals surface area contributed by atoms with Crippen molar-refractivity contribution in [3.05, 3.63) is 53.4 Å². The summed E-state index contributed by atoms with van der Waals surface area (Å²) < 4.78 is 27.9. The number of rotatable bonds is 6. The van der Waals surface area contributed by atoms with E-state index >= 15 is 0 Å². The van der Waals surface area contributed by atoms with Crippen LogP contribution in [0, 0.1) is 11.6 Å². The summed E-state index contributed by atoms with van der Waals surface area (Å²) in [5.41, 5.74) is 1.77. The average Bonchev–Trinajstić information content (AvgIpc) is 2.80. The highest BCUT2D eigenvalue weighted by atomic mass is 19.2. The Balaban J connectivity index is 2.06. The second-order valence-electron chi connectivity index (χ2n) is 4.89. The highest BCUT2D eigenvalue weighted by molar-refractivity contribution is 5.19. The van der Waals surface area contributed by atoms with Crippen LogP contribution >= 0.6 is 0 Å². The molecule has 108 valence electrons. The fourth-order valence-electron chi connectivity index (χ4n) is 2.28. The molecule has 2 aromatic rings. The van der Waals surface area contributed by atoms with Crippen molar-refractivity contribution in [2.75, 3.05) is 6.54 Å². The molecule has 1 unspecified atom stereocenters. The highest BCUT2D eigenvalue weighted by Gasteiger charge is 2.12. The van der Waals surface area contributed by atoms with Crippen LogP contribution in [0.5, 0.6) is 0 Å². The molecule has 0 radical (unpaired) electrons. The number of hydrogen-bond acceptors (Lipinski definition) is 2. The minimum atomic E-state index is -0.807. The third-order valence-corrected chi connectivity index (χ3v) is 3.18. The second-order valence-corrected chi connectivity index (χ2v) is 4.89. The maximum absolute atomic E-state index is 13.2.